The van der Waals surface area contributed by atoms with Gasteiger partial charge in [0.2, 0.25) is 5.09 Å². The van der Waals surface area contributed by atoms with Gasteiger partial charge in [0.25, 0.3) is 10.0 Å². The van der Waals surface area contributed by atoms with E-state index in [1.54, 1.807) is 6.07 Å². The predicted octanol–water partition coefficient (Wildman–Crippen LogP) is 0.891. The molecule has 1 saturated carbocycles. The van der Waals surface area contributed by atoms with Crippen molar-refractivity contribution in [2.24, 2.45) is 5.73 Å². The lowest BCUT2D eigenvalue weighted by molar-refractivity contribution is 0.249. The zero-order valence-electron chi connectivity index (χ0n) is 11.8. The summed E-state index contributed by atoms with van der Waals surface area (Å²) in [4.78, 5) is 2.23. The molecule has 7 heteroatoms. The van der Waals surface area contributed by atoms with Gasteiger partial charge < -0.3 is 15.1 Å². The monoisotopic (exact) mass is 301 g/mol. The molecule has 0 bridgehead atoms. The molecule has 0 saturated heterocycles. The van der Waals surface area contributed by atoms with Crippen LogP contribution in [-0.4, -0.2) is 39.5 Å². The van der Waals surface area contributed by atoms with Crippen molar-refractivity contribution in [3.63, 3.8) is 0 Å². The molecule has 0 aromatic carbocycles. The second kappa shape index (κ2) is 6.71. The molecule has 1 aromatic heterocycles. The van der Waals surface area contributed by atoms with E-state index < -0.39 is 10.0 Å². The fraction of sp³-hybridized carbons (Fsp3) is 0.692. The van der Waals surface area contributed by atoms with Gasteiger partial charge in [-0.25, -0.2) is 13.1 Å². The van der Waals surface area contributed by atoms with Gasteiger partial charge in [-0.15, -0.1) is 0 Å². The third-order valence-electron chi connectivity index (χ3n) is 3.81. The van der Waals surface area contributed by atoms with E-state index in [9.17, 15) is 8.42 Å². The molecule has 0 aliphatic heterocycles. The summed E-state index contributed by atoms with van der Waals surface area (Å²) in [7, 11) is -1.52. The van der Waals surface area contributed by atoms with Crippen LogP contribution in [0.25, 0.3) is 0 Å². The van der Waals surface area contributed by atoms with Crippen LogP contribution in [0.3, 0.4) is 0 Å². The Balaban J connectivity index is 1.83. The van der Waals surface area contributed by atoms with Crippen LogP contribution in [0.1, 0.15) is 31.4 Å². The first-order valence-electron chi connectivity index (χ1n) is 7.01. The summed E-state index contributed by atoms with van der Waals surface area (Å²) in [5.74, 6) is 0.466. The fourth-order valence-electron chi connectivity index (χ4n) is 2.57. The van der Waals surface area contributed by atoms with E-state index in [4.69, 9.17) is 10.2 Å². The SMILES string of the molecule is CN(CCNS(=O)(=O)c1ccc(CN)o1)C1CCCC1. The smallest absolute Gasteiger partial charge is 0.274 e. The highest BCUT2D eigenvalue weighted by molar-refractivity contribution is 7.89. The van der Waals surface area contributed by atoms with Gasteiger partial charge in [-0.1, -0.05) is 12.8 Å². The lowest BCUT2D eigenvalue weighted by atomic mass is 10.2. The van der Waals surface area contributed by atoms with Crippen molar-refractivity contribution in [1.29, 1.82) is 0 Å². The van der Waals surface area contributed by atoms with E-state index in [1.165, 1.54) is 31.7 Å². The minimum atomic E-state index is -3.57. The Morgan fingerprint density at radius 3 is 2.70 bits per heavy atom. The molecule has 0 radical (unpaired) electrons. The van der Waals surface area contributed by atoms with Gasteiger partial charge in [0.05, 0.1) is 6.54 Å². The average molecular weight is 301 g/mol. The molecule has 1 aliphatic carbocycles. The molecule has 0 atom stereocenters. The van der Waals surface area contributed by atoms with E-state index in [-0.39, 0.29) is 11.6 Å². The van der Waals surface area contributed by atoms with Crippen LogP contribution in [0.2, 0.25) is 0 Å². The average Bonchev–Trinajstić information content (AvgIpc) is 3.10. The van der Waals surface area contributed by atoms with E-state index in [1.807, 2.05) is 7.05 Å². The Labute approximate surface area is 120 Å². The van der Waals surface area contributed by atoms with E-state index in [0.717, 1.165) is 0 Å². The molecule has 0 amide bonds. The minimum absolute atomic E-state index is 0.0681. The molecule has 114 valence electrons. The Morgan fingerprint density at radius 1 is 1.40 bits per heavy atom. The van der Waals surface area contributed by atoms with Crippen molar-refractivity contribution in [3.8, 4) is 0 Å². The number of hydrogen-bond acceptors (Lipinski definition) is 5. The first kappa shape index (κ1) is 15.5. The topological polar surface area (TPSA) is 88.6 Å². The van der Waals surface area contributed by atoms with Crippen molar-refractivity contribution in [2.75, 3.05) is 20.1 Å². The Hall–Kier alpha value is -0.890. The molecule has 3 N–H and O–H groups in total. The molecule has 1 fully saturated rings. The van der Waals surface area contributed by atoms with Crippen LogP contribution in [0, 0.1) is 0 Å². The van der Waals surface area contributed by atoms with Crippen LogP contribution in [0.4, 0.5) is 0 Å². The zero-order chi connectivity index (χ0) is 14.6. The highest BCUT2D eigenvalue weighted by atomic mass is 32.2. The normalized spacial score (nSPS) is 17.1. The number of hydrogen-bond donors (Lipinski definition) is 2. The van der Waals surface area contributed by atoms with Crippen LogP contribution < -0.4 is 10.5 Å². The number of likely N-dealkylation sites (N-methyl/N-ethyl adjacent to an activating group) is 1. The maximum absolute atomic E-state index is 12.0. The van der Waals surface area contributed by atoms with Gasteiger partial charge in [0.1, 0.15) is 5.76 Å². The summed E-state index contributed by atoms with van der Waals surface area (Å²) in [6, 6.07) is 3.61. The summed E-state index contributed by atoms with van der Waals surface area (Å²) in [6.07, 6.45) is 4.96. The molecular formula is C13H23N3O3S. The summed E-state index contributed by atoms with van der Waals surface area (Å²) in [5, 5.41) is -0.0681. The van der Waals surface area contributed by atoms with Gasteiger partial charge in [-0.3, -0.25) is 0 Å². The molecule has 0 spiro atoms. The quantitative estimate of drug-likeness (QED) is 0.781. The van der Waals surface area contributed by atoms with Gasteiger partial charge in [-0.2, -0.15) is 0 Å². The van der Waals surface area contributed by atoms with E-state index >= 15 is 0 Å². The van der Waals surface area contributed by atoms with Gasteiger partial charge >= 0.3 is 0 Å². The lowest BCUT2D eigenvalue weighted by Crippen LogP contribution is -2.37. The Morgan fingerprint density at radius 2 is 2.10 bits per heavy atom. The maximum Gasteiger partial charge on any atom is 0.274 e. The van der Waals surface area contributed by atoms with Crippen molar-refractivity contribution in [1.82, 2.24) is 9.62 Å². The molecule has 0 unspecified atom stereocenters. The largest absolute Gasteiger partial charge is 0.447 e. The highest BCUT2D eigenvalue weighted by Crippen LogP contribution is 2.22. The van der Waals surface area contributed by atoms with Crippen molar-refractivity contribution in [2.45, 2.75) is 43.4 Å². The summed E-state index contributed by atoms with van der Waals surface area (Å²) >= 11 is 0. The third-order valence-corrected chi connectivity index (χ3v) is 5.14. The number of nitrogens with zero attached hydrogens (tertiary/aromatic N) is 1. The van der Waals surface area contributed by atoms with Crippen LogP contribution in [-0.2, 0) is 16.6 Å². The lowest BCUT2D eigenvalue weighted by Gasteiger charge is -2.23. The maximum atomic E-state index is 12.0. The highest BCUT2D eigenvalue weighted by Gasteiger charge is 2.21. The Kier molecular flexibility index (Phi) is 5.20. The number of rotatable bonds is 7. The van der Waals surface area contributed by atoms with Crippen LogP contribution >= 0.6 is 0 Å². The minimum Gasteiger partial charge on any atom is -0.447 e. The number of sulfonamides is 1. The summed E-state index contributed by atoms with van der Waals surface area (Å²) < 4.78 is 31.7. The van der Waals surface area contributed by atoms with Crippen LogP contribution in [0.15, 0.2) is 21.6 Å². The second-order valence-electron chi connectivity index (χ2n) is 5.24. The van der Waals surface area contributed by atoms with Crippen LogP contribution in [0.5, 0.6) is 0 Å². The van der Waals surface area contributed by atoms with E-state index in [2.05, 4.69) is 9.62 Å². The van der Waals surface area contributed by atoms with Crippen molar-refractivity contribution in [3.05, 3.63) is 17.9 Å². The second-order valence-corrected chi connectivity index (χ2v) is 6.94. The first-order chi connectivity index (χ1) is 9.53. The molecule has 1 aliphatic rings. The van der Waals surface area contributed by atoms with Crippen molar-refractivity contribution < 1.29 is 12.8 Å². The standard InChI is InChI=1S/C13H23N3O3S/c1-16(11-4-2-3-5-11)9-8-15-20(17,18)13-7-6-12(10-14)19-13/h6-7,11,15H,2-5,8-10,14H2,1H3. The van der Waals surface area contributed by atoms with Crippen molar-refractivity contribution >= 4 is 10.0 Å². The van der Waals surface area contributed by atoms with E-state index in [0.29, 0.717) is 24.9 Å². The predicted molar refractivity (Wildman–Crippen MR) is 76.7 cm³/mol. The molecule has 6 nitrogen and oxygen atoms in total. The first-order valence-corrected chi connectivity index (χ1v) is 8.50. The number of nitrogens with two attached hydrogens (primary N) is 1. The molecule has 1 heterocycles. The molecule has 2 rings (SSSR count). The van der Waals surface area contributed by atoms with Gasteiger partial charge in [0.15, 0.2) is 0 Å². The number of nitrogens with one attached hydrogen (secondary N) is 1. The summed E-state index contributed by atoms with van der Waals surface area (Å²) in [6.45, 7) is 1.28. The zero-order valence-corrected chi connectivity index (χ0v) is 12.7. The molecular weight excluding hydrogens is 278 g/mol. The Bertz CT molecular complexity index is 521. The summed E-state index contributed by atoms with van der Waals surface area (Å²) in [5.41, 5.74) is 5.40. The molecule has 1 aromatic rings. The fourth-order valence-corrected chi connectivity index (χ4v) is 3.53. The third kappa shape index (κ3) is 3.82. The molecule has 20 heavy (non-hydrogen) atoms. The number of furan rings is 1. The van der Waals surface area contributed by atoms with Gasteiger partial charge in [-0.05, 0) is 32.0 Å². The van der Waals surface area contributed by atoms with Gasteiger partial charge in [0, 0.05) is 19.1 Å².